The second-order valence-electron chi connectivity index (χ2n) is 4.01. The molecule has 19 heavy (non-hydrogen) atoms. The highest BCUT2D eigenvalue weighted by Gasteiger charge is 2.15. The summed E-state index contributed by atoms with van der Waals surface area (Å²) in [5, 5.41) is 3.53. The maximum atomic E-state index is 12.2. The number of nitrogens with one attached hydrogen (secondary N) is 1. The van der Waals surface area contributed by atoms with Crippen LogP contribution in [0, 0.1) is 0 Å². The molecule has 0 radical (unpaired) electrons. The van der Waals surface area contributed by atoms with E-state index in [1.807, 2.05) is 6.07 Å². The summed E-state index contributed by atoms with van der Waals surface area (Å²) in [4.78, 5) is 20.6. The van der Waals surface area contributed by atoms with Crippen molar-refractivity contribution in [2.45, 2.75) is 6.04 Å². The summed E-state index contributed by atoms with van der Waals surface area (Å²) in [6.45, 7) is 0.452. The summed E-state index contributed by atoms with van der Waals surface area (Å²) in [7, 11) is 1.60. The minimum Gasteiger partial charge on any atom is -0.383 e. The van der Waals surface area contributed by atoms with Gasteiger partial charge in [0, 0.05) is 24.8 Å². The van der Waals surface area contributed by atoms with Gasteiger partial charge in [0.2, 0.25) is 0 Å². The zero-order chi connectivity index (χ0) is 13.7. The summed E-state index contributed by atoms with van der Waals surface area (Å²) in [6.07, 6.45) is 3.19. The Hall–Kier alpha value is -1.53. The number of carbonyl (C=O) groups excluding carboxylic acids is 1. The molecule has 0 fully saturated rings. The first kappa shape index (κ1) is 13.9. The van der Waals surface area contributed by atoms with Crippen molar-refractivity contribution in [3.05, 3.63) is 36.2 Å². The predicted octanol–water partition coefficient (Wildman–Crippen LogP) is 1.77. The van der Waals surface area contributed by atoms with Crippen LogP contribution in [0.1, 0.15) is 10.4 Å². The van der Waals surface area contributed by atoms with Crippen LogP contribution in [-0.2, 0) is 4.74 Å². The lowest BCUT2D eigenvalue weighted by atomic mass is 10.1. The van der Waals surface area contributed by atoms with Gasteiger partial charge < -0.3 is 10.1 Å². The number of amides is 1. The molecule has 0 spiro atoms. The molecule has 1 aromatic carbocycles. The van der Waals surface area contributed by atoms with Crippen LogP contribution < -0.4 is 5.32 Å². The van der Waals surface area contributed by atoms with Crippen molar-refractivity contribution >= 4 is 32.9 Å². The number of halogens is 1. The number of benzene rings is 1. The van der Waals surface area contributed by atoms with E-state index in [9.17, 15) is 4.79 Å². The largest absolute Gasteiger partial charge is 0.383 e. The fourth-order valence-electron chi connectivity index (χ4n) is 1.77. The fourth-order valence-corrected chi connectivity index (χ4v) is 2.11. The van der Waals surface area contributed by atoms with Gasteiger partial charge in [-0.2, -0.15) is 0 Å². The first-order valence-electron chi connectivity index (χ1n) is 5.81. The first-order valence-corrected chi connectivity index (χ1v) is 6.94. The Morgan fingerprint density at radius 2 is 2.21 bits per heavy atom. The van der Waals surface area contributed by atoms with Crippen molar-refractivity contribution in [3.63, 3.8) is 0 Å². The molecule has 0 saturated heterocycles. The van der Waals surface area contributed by atoms with Gasteiger partial charge >= 0.3 is 0 Å². The number of ether oxygens (including phenoxy) is 1. The monoisotopic (exact) mass is 323 g/mol. The number of para-hydroxylation sites is 1. The third-order valence-corrected chi connectivity index (χ3v) is 3.41. The Kier molecular flexibility index (Phi) is 4.81. The van der Waals surface area contributed by atoms with E-state index >= 15 is 0 Å². The average Bonchev–Trinajstić information content (AvgIpc) is 2.46. The van der Waals surface area contributed by atoms with E-state index in [1.54, 1.807) is 31.6 Å². The van der Waals surface area contributed by atoms with Crippen molar-refractivity contribution in [2.75, 3.05) is 19.0 Å². The summed E-state index contributed by atoms with van der Waals surface area (Å²) in [6, 6.07) is 5.29. The summed E-state index contributed by atoms with van der Waals surface area (Å²) >= 11 is 3.34. The molecule has 2 aromatic rings. The van der Waals surface area contributed by atoms with Crippen molar-refractivity contribution in [2.24, 2.45) is 0 Å². The number of carbonyl (C=O) groups is 1. The third-order valence-electron chi connectivity index (χ3n) is 2.63. The van der Waals surface area contributed by atoms with Crippen LogP contribution in [0.25, 0.3) is 11.0 Å². The number of nitrogens with zero attached hydrogens (tertiary/aromatic N) is 2. The summed E-state index contributed by atoms with van der Waals surface area (Å²) < 4.78 is 5.05. The Balaban J connectivity index is 2.26. The van der Waals surface area contributed by atoms with Gasteiger partial charge in [0.25, 0.3) is 5.91 Å². The minimum absolute atomic E-state index is 0.0792. The van der Waals surface area contributed by atoms with E-state index < -0.39 is 0 Å². The fraction of sp³-hybridized carbons (Fsp3) is 0.308. The normalized spacial score (nSPS) is 12.3. The van der Waals surface area contributed by atoms with Crippen LogP contribution in [0.2, 0.25) is 0 Å². The quantitative estimate of drug-likeness (QED) is 0.852. The molecule has 1 aromatic heterocycles. The van der Waals surface area contributed by atoms with Crippen molar-refractivity contribution < 1.29 is 9.53 Å². The lowest BCUT2D eigenvalue weighted by molar-refractivity contribution is 0.0909. The molecule has 5 nitrogen and oxygen atoms in total. The molecule has 2 rings (SSSR count). The molecule has 1 unspecified atom stereocenters. The maximum Gasteiger partial charge on any atom is 0.253 e. The number of hydrogen-bond donors (Lipinski definition) is 1. The minimum atomic E-state index is -0.174. The lowest BCUT2D eigenvalue weighted by Crippen LogP contribution is -2.39. The van der Waals surface area contributed by atoms with Crippen molar-refractivity contribution in [1.82, 2.24) is 15.3 Å². The molecule has 1 atom stereocenters. The van der Waals surface area contributed by atoms with Gasteiger partial charge in [0.1, 0.15) is 5.52 Å². The standard InChI is InChI=1S/C13H14BrN3O2/c1-19-8-9(7-14)17-13(18)10-3-2-4-11-12(10)16-6-5-15-11/h2-6,9H,7-8H2,1H3,(H,17,18). The van der Waals surface area contributed by atoms with Gasteiger partial charge in [-0.3, -0.25) is 14.8 Å². The van der Waals surface area contributed by atoms with Gasteiger partial charge in [-0.1, -0.05) is 22.0 Å². The van der Waals surface area contributed by atoms with Gasteiger partial charge in [0.15, 0.2) is 0 Å². The lowest BCUT2D eigenvalue weighted by Gasteiger charge is -2.15. The SMILES string of the molecule is COCC(CBr)NC(=O)c1cccc2nccnc12. The van der Waals surface area contributed by atoms with Gasteiger partial charge in [-0.25, -0.2) is 0 Å². The number of rotatable bonds is 5. The summed E-state index contributed by atoms with van der Waals surface area (Å²) in [5.74, 6) is -0.174. The van der Waals surface area contributed by atoms with E-state index in [1.165, 1.54) is 0 Å². The Morgan fingerprint density at radius 3 is 2.95 bits per heavy atom. The molecule has 0 aliphatic heterocycles. The number of aromatic nitrogens is 2. The van der Waals surface area contributed by atoms with E-state index in [0.717, 1.165) is 0 Å². The van der Waals surface area contributed by atoms with E-state index in [2.05, 4.69) is 31.2 Å². The molecule has 100 valence electrons. The molecule has 0 bridgehead atoms. The van der Waals surface area contributed by atoms with Crippen LogP contribution in [0.4, 0.5) is 0 Å². The second kappa shape index (κ2) is 6.58. The van der Waals surface area contributed by atoms with Gasteiger partial charge in [-0.15, -0.1) is 0 Å². The van der Waals surface area contributed by atoms with Crippen LogP contribution in [-0.4, -0.2) is 41.0 Å². The molecule has 0 aliphatic carbocycles. The van der Waals surface area contributed by atoms with Crippen molar-refractivity contribution in [1.29, 1.82) is 0 Å². The highest BCUT2D eigenvalue weighted by atomic mass is 79.9. The molecule has 1 heterocycles. The number of methoxy groups -OCH3 is 1. The molecular formula is C13H14BrN3O2. The smallest absolute Gasteiger partial charge is 0.253 e. The van der Waals surface area contributed by atoms with E-state index in [0.29, 0.717) is 28.5 Å². The molecule has 1 amide bonds. The van der Waals surface area contributed by atoms with E-state index in [-0.39, 0.29) is 11.9 Å². The Morgan fingerprint density at radius 1 is 1.42 bits per heavy atom. The topological polar surface area (TPSA) is 64.1 Å². The highest BCUT2D eigenvalue weighted by Crippen LogP contribution is 2.13. The van der Waals surface area contributed by atoms with Crippen LogP contribution in [0.15, 0.2) is 30.6 Å². The number of alkyl halides is 1. The summed E-state index contributed by atoms with van der Waals surface area (Å²) in [5.41, 5.74) is 1.83. The zero-order valence-electron chi connectivity index (χ0n) is 10.5. The Bertz CT molecular complexity index is 571. The van der Waals surface area contributed by atoms with Gasteiger partial charge in [-0.05, 0) is 12.1 Å². The third kappa shape index (κ3) is 3.27. The highest BCUT2D eigenvalue weighted by molar-refractivity contribution is 9.09. The maximum absolute atomic E-state index is 12.2. The second-order valence-corrected chi connectivity index (χ2v) is 4.66. The van der Waals surface area contributed by atoms with Crippen LogP contribution in [0.3, 0.4) is 0 Å². The van der Waals surface area contributed by atoms with Crippen LogP contribution >= 0.6 is 15.9 Å². The molecule has 1 N–H and O–H groups in total. The molecule has 0 aliphatic rings. The number of hydrogen-bond acceptors (Lipinski definition) is 4. The predicted molar refractivity (Wildman–Crippen MR) is 76.5 cm³/mol. The Labute approximate surface area is 119 Å². The zero-order valence-corrected chi connectivity index (χ0v) is 12.1. The van der Waals surface area contributed by atoms with Crippen molar-refractivity contribution in [3.8, 4) is 0 Å². The molecular weight excluding hydrogens is 310 g/mol. The molecule has 0 saturated carbocycles. The van der Waals surface area contributed by atoms with E-state index in [4.69, 9.17) is 4.74 Å². The average molecular weight is 324 g/mol. The van der Waals surface area contributed by atoms with Gasteiger partial charge in [0.05, 0.1) is 23.7 Å². The number of fused-ring (bicyclic) bond motifs is 1. The first-order chi connectivity index (χ1) is 9.26. The molecule has 6 heteroatoms. The van der Waals surface area contributed by atoms with Crippen LogP contribution in [0.5, 0.6) is 0 Å².